The zero-order valence-corrected chi connectivity index (χ0v) is 21.3. The Labute approximate surface area is 206 Å². The van der Waals surface area contributed by atoms with Crippen LogP contribution in [0.3, 0.4) is 0 Å². The highest BCUT2D eigenvalue weighted by Crippen LogP contribution is 2.27. The van der Waals surface area contributed by atoms with Crippen LogP contribution >= 0.6 is 11.6 Å². The van der Waals surface area contributed by atoms with Gasteiger partial charge in [0.05, 0.1) is 11.4 Å². The van der Waals surface area contributed by atoms with Gasteiger partial charge in [-0.1, -0.05) is 56.6 Å². The van der Waals surface area contributed by atoms with E-state index in [1.54, 1.807) is 28.9 Å². The molecule has 0 bridgehead atoms. The summed E-state index contributed by atoms with van der Waals surface area (Å²) < 4.78 is 1.75. The molecule has 0 atom stereocenters. The molecule has 0 unspecified atom stereocenters. The van der Waals surface area contributed by atoms with Crippen LogP contribution in [-0.2, 0) is 10.2 Å². The SMILES string of the molecule is Cc1ccccc1-n1nc(C(C)(C)C)cc1NC(=O)CN(C(=O)Nc1cccc(Cl)c1)C(C)C. The number of carbonyl (C=O) groups is 2. The molecule has 8 heteroatoms. The Balaban J connectivity index is 1.82. The van der Waals surface area contributed by atoms with Crippen LogP contribution in [0, 0.1) is 6.92 Å². The molecule has 1 heterocycles. The topological polar surface area (TPSA) is 79.3 Å². The number of urea groups is 1. The molecule has 2 N–H and O–H groups in total. The van der Waals surface area contributed by atoms with Gasteiger partial charge in [-0.15, -0.1) is 0 Å². The molecule has 0 aliphatic carbocycles. The third-order valence-corrected chi connectivity index (χ3v) is 5.60. The minimum atomic E-state index is -0.379. The van der Waals surface area contributed by atoms with Crippen LogP contribution < -0.4 is 10.6 Å². The summed E-state index contributed by atoms with van der Waals surface area (Å²) in [6, 6.07) is 16.1. The largest absolute Gasteiger partial charge is 0.322 e. The predicted molar refractivity (Wildman–Crippen MR) is 138 cm³/mol. The van der Waals surface area contributed by atoms with Gasteiger partial charge in [-0.05, 0) is 50.6 Å². The van der Waals surface area contributed by atoms with Gasteiger partial charge in [-0.25, -0.2) is 9.48 Å². The van der Waals surface area contributed by atoms with Crippen LogP contribution in [0.2, 0.25) is 5.02 Å². The average Bonchev–Trinajstić information content (AvgIpc) is 3.16. The fourth-order valence-electron chi connectivity index (χ4n) is 3.41. The lowest BCUT2D eigenvalue weighted by molar-refractivity contribution is -0.117. The first kappa shape index (κ1) is 25.3. The fourth-order valence-corrected chi connectivity index (χ4v) is 3.60. The van der Waals surface area contributed by atoms with Crippen molar-refractivity contribution in [2.45, 2.75) is 53.0 Å². The first-order valence-electron chi connectivity index (χ1n) is 11.3. The van der Waals surface area contributed by atoms with Crippen LogP contribution in [0.25, 0.3) is 5.69 Å². The van der Waals surface area contributed by atoms with Crippen LogP contribution in [0.15, 0.2) is 54.6 Å². The lowest BCUT2D eigenvalue weighted by Crippen LogP contribution is -2.44. The van der Waals surface area contributed by atoms with Gasteiger partial charge in [0.25, 0.3) is 0 Å². The Kier molecular flexibility index (Phi) is 7.67. The Morgan fingerprint density at radius 3 is 2.38 bits per heavy atom. The Hall–Kier alpha value is -3.32. The second kappa shape index (κ2) is 10.3. The number of nitrogens with zero attached hydrogens (tertiary/aromatic N) is 3. The number of hydrogen-bond donors (Lipinski definition) is 2. The van der Waals surface area contributed by atoms with Gasteiger partial charge in [-0.3, -0.25) is 4.79 Å². The number of para-hydroxylation sites is 1. The minimum Gasteiger partial charge on any atom is -0.313 e. The van der Waals surface area contributed by atoms with E-state index in [0.717, 1.165) is 16.9 Å². The zero-order chi connectivity index (χ0) is 25.0. The maximum atomic E-state index is 13.1. The van der Waals surface area contributed by atoms with E-state index in [-0.39, 0.29) is 29.9 Å². The molecule has 0 fully saturated rings. The number of anilines is 2. The molecule has 2 aromatic carbocycles. The van der Waals surface area contributed by atoms with Crippen molar-refractivity contribution >= 4 is 35.0 Å². The lowest BCUT2D eigenvalue weighted by Gasteiger charge is -2.26. The molecule has 0 aliphatic rings. The van der Waals surface area contributed by atoms with Gasteiger partial charge < -0.3 is 15.5 Å². The van der Waals surface area contributed by atoms with Crippen molar-refractivity contribution in [3.05, 3.63) is 70.9 Å². The fraction of sp³-hybridized carbons (Fsp3) is 0.346. The van der Waals surface area contributed by atoms with Crippen molar-refractivity contribution in [1.82, 2.24) is 14.7 Å². The highest BCUT2D eigenvalue weighted by atomic mass is 35.5. The second-order valence-corrected chi connectivity index (χ2v) is 10.0. The molecular formula is C26H32ClN5O2. The maximum Gasteiger partial charge on any atom is 0.322 e. The third-order valence-electron chi connectivity index (χ3n) is 5.36. The van der Waals surface area contributed by atoms with Crippen LogP contribution in [0.4, 0.5) is 16.3 Å². The Morgan fingerprint density at radius 2 is 1.76 bits per heavy atom. The molecule has 1 aromatic heterocycles. The number of carbonyl (C=O) groups excluding carboxylic acids is 2. The highest BCUT2D eigenvalue weighted by molar-refractivity contribution is 6.30. The first-order chi connectivity index (χ1) is 16.0. The smallest absolute Gasteiger partial charge is 0.313 e. The minimum absolute atomic E-state index is 0.117. The number of nitrogens with one attached hydrogen (secondary N) is 2. The normalized spacial score (nSPS) is 11.4. The van der Waals surface area contributed by atoms with Gasteiger partial charge in [0, 0.05) is 28.2 Å². The van der Waals surface area contributed by atoms with E-state index >= 15 is 0 Å². The summed E-state index contributed by atoms with van der Waals surface area (Å²) in [6.07, 6.45) is 0. The van der Waals surface area contributed by atoms with Crippen molar-refractivity contribution in [3.8, 4) is 5.69 Å². The van der Waals surface area contributed by atoms with Crippen molar-refractivity contribution < 1.29 is 9.59 Å². The van der Waals surface area contributed by atoms with E-state index in [2.05, 4.69) is 31.4 Å². The van der Waals surface area contributed by atoms with E-state index in [9.17, 15) is 9.59 Å². The van der Waals surface area contributed by atoms with Gasteiger partial charge >= 0.3 is 6.03 Å². The van der Waals surface area contributed by atoms with E-state index in [1.807, 2.05) is 51.1 Å². The summed E-state index contributed by atoms with van der Waals surface area (Å²) in [5, 5.41) is 11.1. The summed E-state index contributed by atoms with van der Waals surface area (Å²) in [5.41, 5.74) is 3.13. The zero-order valence-electron chi connectivity index (χ0n) is 20.5. The van der Waals surface area contributed by atoms with Gasteiger partial charge in [0.1, 0.15) is 12.4 Å². The van der Waals surface area contributed by atoms with Crippen LogP contribution in [0.5, 0.6) is 0 Å². The standard InChI is InChI=1S/C26H32ClN5O2/c1-17(2)31(25(34)28-20-12-9-11-19(27)14-20)16-24(33)29-23-15-22(26(4,5)6)30-32(23)21-13-8-7-10-18(21)3/h7-15,17H,16H2,1-6H3,(H,28,34)(H,29,33). The second-order valence-electron chi connectivity index (χ2n) is 9.57. The molecule has 180 valence electrons. The molecular weight excluding hydrogens is 450 g/mol. The van der Waals surface area contributed by atoms with Crippen LogP contribution in [0.1, 0.15) is 45.9 Å². The van der Waals surface area contributed by atoms with Crippen molar-refractivity contribution in [1.29, 1.82) is 0 Å². The molecule has 0 spiro atoms. The first-order valence-corrected chi connectivity index (χ1v) is 11.6. The number of aryl methyl sites for hydroxylation is 1. The molecule has 0 saturated carbocycles. The molecule has 7 nitrogen and oxygen atoms in total. The van der Waals surface area contributed by atoms with E-state index in [4.69, 9.17) is 16.7 Å². The Morgan fingerprint density at radius 1 is 1.06 bits per heavy atom. The summed E-state index contributed by atoms with van der Waals surface area (Å²) >= 11 is 6.02. The highest BCUT2D eigenvalue weighted by Gasteiger charge is 2.24. The van der Waals surface area contributed by atoms with Gasteiger partial charge in [0.2, 0.25) is 5.91 Å². The number of hydrogen-bond acceptors (Lipinski definition) is 3. The number of amides is 3. The summed E-state index contributed by atoms with van der Waals surface area (Å²) in [4.78, 5) is 27.4. The van der Waals surface area contributed by atoms with E-state index in [1.165, 1.54) is 4.90 Å². The molecule has 3 rings (SSSR count). The number of benzene rings is 2. The number of rotatable bonds is 6. The molecule has 3 amide bonds. The van der Waals surface area contributed by atoms with Gasteiger partial charge in [0.15, 0.2) is 0 Å². The monoisotopic (exact) mass is 481 g/mol. The third kappa shape index (κ3) is 6.17. The number of halogens is 1. The molecule has 0 saturated heterocycles. The maximum absolute atomic E-state index is 13.1. The lowest BCUT2D eigenvalue weighted by atomic mass is 9.92. The summed E-state index contributed by atoms with van der Waals surface area (Å²) in [5.74, 6) is 0.244. The molecule has 3 aromatic rings. The van der Waals surface area contributed by atoms with E-state index < -0.39 is 0 Å². The molecule has 0 aliphatic heterocycles. The summed E-state index contributed by atoms with van der Waals surface area (Å²) in [7, 11) is 0. The van der Waals surface area contributed by atoms with Crippen molar-refractivity contribution in [2.75, 3.05) is 17.2 Å². The van der Waals surface area contributed by atoms with Crippen LogP contribution in [-0.4, -0.2) is 39.2 Å². The Bertz CT molecular complexity index is 1180. The van der Waals surface area contributed by atoms with Crippen molar-refractivity contribution in [3.63, 3.8) is 0 Å². The number of aromatic nitrogens is 2. The molecule has 34 heavy (non-hydrogen) atoms. The quantitative estimate of drug-likeness (QED) is 0.452. The summed E-state index contributed by atoms with van der Waals surface area (Å²) in [6.45, 7) is 11.8. The van der Waals surface area contributed by atoms with E-state index in [0.29, 0.717) is 16.5 Å². The predicted octanol–water partition coefficient (Wildman–Crippen LogP) is 6.01. The molecule has 0 radical (unpaired) electrons. The average molecular weight is 482 g/mol. The van der Waals surface area contributed by atoms with Crippen molar-refractivity contribution in [2.24, 2.45) is 0 Å². The van der Waals surface area contributed by atoms with Gasteiger partial charge in [-0.2, -0.15) is 5.10 Å².